The van der Waals surface area contributed by atoms with Crippen molar-refractivity contribution < 1.29 is 8.83 Å². The van der Waals surface area contributed by atoms with Gasteiger partial charge in [0.05, 0.1) is 5.56 Å². The molecule has 0 spiro atoms. The molecular weight excluding hydrogens is 771 g/mol. The summed E-state index contributed by atoms with van der Waals surface area (Å²) in [5.41, 5.74) is 14.5. The molecule has 13 rings (SSSR count). The molecule has 12 aromatic rings. The topological polar surface area (TPSA) is 65.0 Å². The van der Waals surface area contributed by atoms with Crippen LogP contribution in [0.2, 0.25) is 0 Å². The van der Waals surface area contributed by atoms with Crippen molar-refractivity contribution in [2.75, 3.05) is 0 Å². The summed E-state index contributed by atoms with van der Waals surface area (Å²) in [4.78, 5) is 16.1. The van der Waals surface area contributed by atoms with Crippen LogP contribution in [0.4, 0.5) is 0 Å². The molecule has 3 aromatic heterocycles. The first kappa shape index (κ1) is 35.6. The van der Waals surface area contributed by atoms with Crippen LogP contribution in [0.15, 0.2) is 203 Å². The van der Waals surface area contributed by atoms with E-state index in [1.54, 1.807) is 0 Å². The molecular formula is C58H37N3O2. The van der Waals surface area contributed by atoms with E-state index in [1.807, 2.05) is 36.4 Å². The highest BCUT2D eigenvalue weighted by molar-refractivity contribution is 6.09. The minimum atomic E-state index is 0.0254. The van der Waals surface area contributed by atoms with E-state index in [2.05, 4.69) is 158 Å². The molecule has 1 aliphatic carbocycles. The first-order valence-corrected chi connectivity index (χ1v) is 21.6. The van der Waals surface area contributed by atoms with Gasteiger partial charge in [-0.3, -0.25) is 0 Å². The molecule has 0 bridgehead atoms. The van der Waals surface area contributed by atoms with Gasteiger partial charge in [0, 0.05) is 38.6 Å². The smallest absolute Gasteiger partial charge is 0.167 e. The second kappa shape index (κ2) is 14.2. The van der Waals surface area contributed by atoms with E-state index in [0.717, 1.165) is 90.1 Å². The highest BCUT2D eigenvalue weighted by Crippen LogP contribution is 2.47. The summed E-state index contributed by atoms with van der Waals surface area (Å²) in [5.74, 6) is 1.73. The average Bonchev–Trinajstić information content (AvgIpc) is 3.87. The number of hydrogen-bond donors (Lipinski definition) is 0. The van der Waals surface area contributed by atoms with Crippen LogP contribution < -0.4 is 0 Å². The Morgan fingerprint density at radius 3 is 1.79 bits per heavy atom. The van der Waals surface area contributed by atoms with Crippen LogP contribution in [-0.2, 0) is 6.42 Å². The van der Waals surface area contributed by atoms with Gasteiger partial charge in [0.1, 0.15) is 22.3 Å². The Hall–Kier alpha value is -8.15. The zero-order valence-corrected chi connectivity index (χ0v) is 34.1. The lowest BCUT2D eigenvalue weighted by Gasteiger charge is -2.22. The number of aromatic nitrogens is 3. The predicted molar refractivity (Wildman–Crippen MR) is 256 cm³/mol. The largest absolute Gasteiger partial charge is 0.456 e. The zero-order valence-electron chi connectivity index (χ0n) is 34.1. The number of furan rings is 2. The van der Waals surface area contributed by atoms with Crippen LogP contribution in [0.3, 0.4) is 0 Å². The van der Waals surface area contributed by atoms with E-state index in [0.29, 0.717) is 17.5 Å². The number of benzene rings is 9. The summed E-state index contributed by atoms with van der Waals surface area (Å²) in [6.07, 6.45) is 1.82. The molecule has 0 saturated heterocycles. The van der Waals surface area contributed by atoms with Gasteiger partial charge in [0.2, 0.25) is 0 Å². The minimum Gasteiger partial charge on any atom is -0.456 e. The Bertz CT molecular complexity index is 3750. The van der Waals surface area contributed by atoms with Crippen LogP contribution in [-0.4, -0.2) is 15.0 Å². The molecule has 63 heavy (non-hydrogen) atoms. The third kappa shape index (κ3) is 5.88. The van der Waals surface area contributed by atoms with Gasteiger partial charge >= 0.3 is 0 Å². The second-order valence-electron chi connectivity index (χ2n) is 16.6. The monoisotopic (exact) mass is 807 g/mol. The molecule has 0 saturated carbocycles. The molecule has 5 heteroatoms. The molecule has 9 aromatic carbocycles. The van der Waals surface area contributed by atoms with Gasteiger partial charge in [-0.15, -0.1) is 0 Å². The minimum absolute atomic E-state index is 0.0254. The van der Waals surface area contributed by atoms with Gasteiger partial charge < -0.3 is 8.83 Å². The SMILES string of the molecule is c1ccc(-c2ccc(-c3nc(-c4cc5oc6ccccc6c5cc4C4CCc5cc6ccccc6cc5-c5ccccc54)nc(-c4cccc5c4oc4ccccc45)n3)cc2)cc1. The highest BCUT2D eigenvalue weighted by atomic mass is 16.3. The number of para-hydroxylation sites is 3. The van der Waals surface area contributed by atoms with E-state index in [4.69, 9.17) is 23.8 Å². The maximum absolute atomic E-state index is 6.64. The van der Waals surface area contributed by atoms with E-state index in [9.17, 15) is 0 Å². The lowest BCUT2D eigenvalue weighted by molar-refractivity contribution is 0.668. The van der Waals surface area contributed by atoms with Crippen molar-refractivity contribution in [1.82, 2.24) is 15.0 Å². The van der Waals surface area contributed by atoms with Gasteiger partial charge in [-0.05, 0) is 99.0 Å². The van der Waals surface area contributed by atoms with Crippen molar-refractivity contribution in [3.63, 3.8) is 0 Å². The molecule has 0 amide bonds. The molecule has 1 unspecified atom stereocenters. The summed E-state index contributed by atoms with van der Waals surface area (Å²) in [6, 6.07) is 68.6. The first-order chi connectivity index (χ1) is 31.2. The fraction of sp³-hybridized carbons (Fsp3) is 0.0517. The molecule has 1 aliphatic rings. The van der Waals surface area contributed by atoms with Crippen molar-refractivity contribution in [3.8, 4) is 56.4 Å². The number of hydrogen-bond acceptors (Lipinski definition) is 5. The van der Waals surface area contributed by atoms with Crippen molar-refractivity contribution >= 4 is 54.6 Å². The van der Waals surface area contributed by atoms with Gasteiger partial charge in [0.25, 0.3) is 0 Å². The average molecular weight is 808 g/mol. The first-order valence-electron chi connectivity index (χ1n) is 21.6. The highest BCUT2D eigenvalue weighted by Gasteiger charge is 2.29. The van der Waals surface area contributed by atoms with Crippen LogP contribution in [0, 0.1) is 0 Å². The molecule has 1 atom stereocenters. The van der Waals surface area contributed by atoms with Crippen molar-refractivity contribution in [3.05, 3.63) is 211 Å². The fourth-order valence-electron chi connectivity index (χ4n) is 9.95. The quantitative estimate of drug-likeness (QED) is 0.173. The lowest BCUT2D eigenvalue weighted by Crippen LogP contribution is -2.07. The molecule has 0 aliphatic heterocycles. The predicted octanol–water partition coefficient (Wildman–Crippen LogP) is 15.2. The second-order valence-corrected chi connectivity index (χ2v) is 16.6. The van der Waals surface area contributed by atoms with Gasteiger partial charge in [-0.2, -0.15) is 0 Å². The molecule has 296 valence electrons. The molecule has 0 fully saturated rings. The third-order valence-electron chi connectivity index (χ3n) is 13.0. The Morgan fingerprint density at radius 1 is 0.365 bits per heavy atom. The number of fused-ring (bicyclic) bond motifs is 10. The summed E-state index contributed by atoms with van der Waals surface area (Å²) in [7, 11) is 0. The third-order valence-corrected chi connectivity index (χ3v) is 13.0. The normalized spacial score (nSPS) is 13.7. The lowest BCUT2D eigenvalue weighted by atomic mass is 9.82. The van der Waals surface area contributed by atoms with Gasteiger partial charge in [-0.25, -0.2) is 15.0 Å². The van der Waals surface area contributed by atoms with E-state index in [1.165, 1.54) is 33.0 Å². The summed E-state index contributed by atoms with van der Waals surface area (Å²) >= 11 is 0. The zero-order chi connectivity index (χ0) is 41.4. The van der Waals surface area contributed by atoms with Crippen molar-refractivity contribution in [1.29, 1.82) is 0 Å². The summed E-state index contributed by atoms with van der Waals surface area (Å²) in [5, 5.41) is 6.75. The molecule has 5 nitrogen and oxygen atoms in total. The summed E-state index contributed by atoms with van der Waals surface area (Å²) in [6.45, 7) is 0. The molecule has 3 heterocycles. The van der Waals surface area contributed by atoms with E-state index < -0.39 is 0 Å². The Morgan fingerprint density at radius 2 is 0.968 bits per heavy atom. The summed E-state index contributed by atoms with van der Waals surface area (Å²) < 4.78 is 13.2. The number of aryl methyl sites for hydroxylation is 1. The van der Waals surface area contributed by atoms with E-state index >= 15 is 0 Å². The maximum atomic E-state index is 6.64. The molecule has 0 radical (unpaired) electrons. The van der Waals surface area contributed by atoms with E-state index in [-0.39, 0.29) is 5.92 Å². The number of rotatable bonds is 5. The number of nitrogens with zero attached hydrogens (tertiary/aromatic N) is 3. The fourth-order valence-corrected chi connectivity index (χ4v) is 9.95. The van der Waals surface area contributed by atoms with Gasteiger partial charge in [-0.1, -0.05) is 158 Å². The van der Waals surface area contributed by atoms with Crippen molar-refractivity contribution in [2.24, 2.45) is 0 Å². The van der Waals surface area contributed by atoms with Gasteiger partial charge in [0.15, 0.2) is 17.5 Å². The van der Waals surface area contributed by atoms with Crippen LogP contribution in [0.1, 0.15) is 29.0 Å². The maximum Gasteiger partial charge on any atom is 0.167 e. The van der Waals surface area contributed by atoms with Crippen LogP contribution in [0.25, 0.3) is 111 Å². The Kier molecular flexibility index (Phi) is 8.03. The van der Waals surface area contributed by atoms with Crippen molar-refractivity contribution in [2.45, 2.75) is 18.8 Å². The van der Waals surface area contributed by atoms with Crippen LogP contribution in [0.5, 0.6) is 0 Å². The Balaban J connectivity index is 1.06. The Labute approximate surface area is 363 Å². The standard InChI is InChI=1S/C58H37N3O2/c1-2-13-35(14-3-1)36-25-27-37(28-26-36)56-59-57(47-22-12-21-46-44-19-8-11-24-53(44)63-55(46)47)61-58(60-56)51-34-54-50(45-20-9-10-23-52(45)62-54)33-49(51)43-30-29-40-31-38-15-4-5-16-39(38)32-48(40)42-18-7-6-17-41(42)43/h1-28,31-34,43H,29-30H2. The van der Waals surface area contributed by atoms with Crippen LogP contribution >= 0.6 is 0 Å². The molecule has 0 N–H and O–H groups in total.